The van der Waals surface area contributed by atoms with Crippen molar-refractivity contribution in [2.75, 3.05) is 14.2 Å². The average molecular weight is 295 g/mol. The number of ether oxygens (including phenoxy) is 2. The standard InChI is InChI=1S/C16H19ClO3/c1-19-14-10-12(9-13(17)16(14)20-2)15(18)11-7-5-3-4-6-8-11/h7,9-10H,3-6,8H2,1-2H3. The second kappa shape index (κ2) is 6.80. The summed E-state index contributed by atoms with van der Waals surface area (Å²) in [5.41, 5.74) is 1.44. The van der Waals surface area contributed by atoms with Crippen LogP contribution in [-0.4, -0.2) is 20.0 Å². The number of methoxy groups -OCH3 is 2. The molecule has 0 unspecified atom stereocenters. The Morgan fingerprint density at radius 3 is 2.65 bits per heavy atom. The van der Waals surface area contributed by atoms with Crippen molar-refractivity contribution in [3.05, 3.63) is 34.4 Å². The molecule has 0 amide bonds. The molecule has 1 aliphatic rings. The minimum absolute atomic E-state index is 0.0368. The maximum atomic E-state index is 12.5. The molecule has 0 bridgehead atoms. The summed E-state index contributed by atoms with van der Waals surface area (Å²) in [5, 5.41) is 0.393. The number of hydrogen-bond acceptors (Lipinski definition) is 3. The number of Topliss-reactive ketones (excluding diaryl/α,β-unsaturated/α-hetero) is 1. The molecule has 0 spiro atoms. The molecule has 0 aromatic heterocycles. The molecule has 0 saturated carbocycles. The van der Waals surface area contributed by atoms with Crippen LogP contribution >= 0.6 is 11.6 Å². The van der Waals surface area contributed by atoms with Crippen LogP contribution < -0.4 is 9.47 Å². The summed E-state index contributed by atoms with van der Waals surface area (Å²) in [6.07, 6.45) is 7.27. The van der Waals surface area contributed by atoms with Crippen LogP contribution in [0.25, 0.3) is 0 Å². The van der Waals surface area contributed by atoms with Gasteiger partial charge in [-0.1, -0.05) is 24.1 Å². The lowest BCUT2D eigenvalue weighted by Gasteiger charge is -2.12. The Hall–Kier alpha value is -1.48. The quantitative estimate of drug-likeness (QED) is 0.771. The maximum Gasteiger partial charge on any atom is 0.188 e. The molecule has 0 radical (unpaired) electrons. The van der Waals surface area contributed by atoms with Gasteiger partial charge in [0.1, 0.15) is 0 Å². The molecule has 20 heavy (non-hydrogen) atoms. The van der Waals surface area contributed by atoms with Crippen molar-refractivity contribution in [1.82, 2.24) is 0 Å². The van der Waals surface area contributed by atoms with Crippen molar-refractivity contribution in [2.24, 2.45) is 0 Å². The Balaban J connectivity index is 2.34. The van der Waals surface area contributed by atoms with Gasteiger partial charge in [0, 0.05) is 5.56 Å². The van der Waals surface area contributed by atoms with E-state index in [1.54, 1.807) is 12.1 Å². The normalized spacial score (nSPS) is 15.2. The third-order valence-electron chi connectivity index (χ3n) is 3.53. The minimum atomic E-state index is 0.0368. The van der Waals surface area contributed by atoms with Gasteiger partial charge in [-0.25, -0.2) is 0 Å². The molecular formula is C16H19ClO3. The molecule has 0 N–H and O–H groups in total. The van der Waals surface area contributed by atoms with E-state index in [-0.39, 0.29) is 5.78 Å². The van der Waals surface area contributed by atoms with E-state index in [2.05, 4.69) is 6.08 Å². The van der Waals surface area contributed by atoms with E-state index >= 15 is 0 Å². The molecular weight excluding hydrogens is 276 g/mol. The number of ketones is 1. The number of carbonyl (C=O) groups excluding carboxylic acids is 1. The van der Waals surface area contributed by atoms with Gasteiger partial charge < -0.3 is 9.47 Å². The van der Waals surface area contributed by atoms with E-state index < -0.39 is 0 Å². The largest absolute Gasteiger partial charge is 0.493 e. The lowest BCUT2D eigenvalue weighted by Crippen LogP contribution is -2.04. The van der Waals surface area contributed by atoms with Gasteiger partial charge in [0.15, 0.2) is 17.3 Å². The Morgan fingerprint density at radius 2 is 1.95 bits per heavy atom. The van der Waals surface area contributed by atoms with Crippen LogP contribution in [0.15, 0.2) is 23.8 Å². The molecule has 0 aliphatic heterocycles. The summed E-state index contributed by atoms with van der Waals surface area (Å²) in [6, 6.07) is 3.34. The van der Waals surface area contributed by atoms with E-state index in [4.69, 9.17) is 21.1 Å². The summed E-state index contributed by atoms with van der Waals surface area (Å²) in [6.45, 7) is 0. The SMILES string of the molecule is COc1cc(C(=O)C2=CCCCCC2)cc(Cl)c1OC. The Kier molecular flexibility index (Phi) is 5.07. The molecule has 0 fully saturated rings. The van der Waals surface area contributed by atoms with Crippen LogP contribution in [-0.2, 0) is 0 Å². The zero-order valence-electron chi connectivity index (χ0n) is 11.9. The lowest BCUT2D eigenvalue weighted by molar-refractivity contribution is 0.103. The van der Waals surface area contributed by atoms with E-state index in [9.17, 15) is 4.79 Å². The fraction of sp³-hybridized carbons (Fsp3) is 0.438. The third kappa shape index (κ3) is 3.15. The minimum Gasteiger partial charge on any atom is -0.493 e. The van der Waals surface area contributed by atoms with Crippen molar-refractivity contribution < 1.29 is 14.3 Å². The first-order valence-electron chi connectivity index (χ1n) is 6.82. The summed E-state index contributed by atoms with van der Waals surface area (Å²) < 4.78 is 10.4. The predicted octanol–water partition coefficient (Wildman–Crippen LogP) is 4.43. The number of benzene rings is 1. The maximum absolute atomic E-state index is 12.5. The topological polar surface area (TPSA) is 35.5 Å². The van der Waals surface area contributed by atoms with Gasteiger partial charge in [0.2, 0.25) is 0 Å². The van der Waals surface area contributed by atoms with Crippen LogP contribution in [0.5, 0.6) is 11.5 Å². The Morgan fingerprint density at radius 1 is 1.15 bits per heavy atom. The first kappa shape index (κ1) is 14.9. The molecule has 3 nitrogen and oxygen atoms in total. The number of allylic oxidation sites excluding steroid dienone is 2. The number of hydrogen-bond donors (Lipinski definition) is 0. The van der Waals surface area contributed by atoms with Crippen molar-refractivity contribution in [2.45, 2.75) is 32.1 Å². The fourth-order valence-corrected chi connectivity index (χ4v) is 2.74. The van der Waals surface area contributed by atoms with Crippen molar-refractivity contribution in [3.8, 4) is 11.5 Å². The van der Waals surface area contributed by atoms with Crippen LogP contribution in [0.2, 0.25) is 5.02 Å². The molecule has 0 saturated heterocycles. The molecule has 1 aromatic carbocycles. The van der Waals surface area contributed by atoms with Crippen LogP contribution in [0.1, 0.15) is 42.5 Å². The monoisotopic (exact) mass is 294 g/mol. The van der Waals surface area contributed by atoms with Crippen LogP contribution in [0.4, 0.5) is 0 Å². The second-order valence-electron chi connectivity index (χ2n) is 4.85. The lowest BCUT2D eigenvalue weighted by atomic mass is 9.99. The first-order valence-corrected chi connectivity index (χ1v) is 7.20. The van der Waals surface area contributed by atoms with Crippen molar-refractivity contribution >= 4 is 17.4 Å². The Labute approximate surface area is 124 Å². The molecule has 4 heteroatoms. The van der Waals surface area contributed by atoms with Crippen molar-refractivity contribution in [3.63, 3.8) is 0 Å². The highest BCUT2D eigenvalue weighted by Gasteiger charge is 2.18. The third-order valence-corrected chi connectivity index (χ3v) is 3.81. The van der Waals surface area contributed by atoms with Crippen LogP contribution in [0, 0.1) is 0 Å². The van der Waals surface area contributed by atoms with Gasteiger partial charge in [-0.15, -0.1) is 0 Å². The second-order valence-corrected chi connectivity index (χ2v) is 5.26. The predicted molar refractivity (Wildman–Crippen MR) is 80.1 cm³/mol. The van der Waals surface area contributed by atoms with E-state index in [0.717, 1.165) is 31.3 Å². The van der Waals surface area contributed by atoms with Gasteiger partial charge in [-0.3, -0.25) is 4.79 Å². The van der Waals surface area contributed by atoms with E-state index in [1.165, 1.54) is 20.6 Å². The highest BCUT2D eigenvalue weighted by molar-refractivity contribution is 6.33. The van der Waals surface area contributed by atoms with Crippen LogP contribution in [0.3, 0.4) is 0 Å². The first-order chi connectivity index (χ1) is 9.67. The van der Waals surface area contributed by atoms with E-state index in [0.29, 0.717) is 22.1 Å². The number of carbonyl (C=O) groups is 1. The van der Waals surface area contributed by atoms with Gasteiger partial charge in [0.05, 0.1) is 19.2 Å². The highest BCUT2D eigenvalue weighted by Crippen LogP contribution is 2.37. The fourth-order valence-electron chi connectivity index (χ4n) is 2.46. The molecule has 0 heterocycles. The van der Waals surface area contributed by atoms with E-state index in [1.807, 2.05) is 0 Å². The zero-order chi connectivity index (χ0) is 14.5. The summed E-state index contributed by atoms with van der Waals surface area (Å²) in [7, 11) is 3.06. The summed E-state index contributed by atoms with van der Waals surface area (Å²) in [4.78, 5) is 12.5. The number of rotatable bonds is 4. The summed E-state index contributed by atoms with van der Waals surface area (Å²) >= 11 is 6.15. The Bertz CT molecular complexity index is 535. The zero-order valence-corrected chi connectivity index (χ0v) is 12.6. The van der Waals surface area contributed by atoms with Gasteiger partial charge in [-0.2, -0.15) is 0 Å². The van der Waals surface area contributed by atoms with Gasteiger partial charge >= 0.3 is 0 Å². The smallest absolute Gasteiger partial charge is 0.188 e. The molecule has 1 aliphatic carbocycles. The average Bonchev–Trinajstić information content (AvgIpc) is 2.74. The van der Waals surface area contributed by atoms with Crippen molar-refractivity contribution in [1.29, 1.82) is 0 Å². The number of halogens is 1. The van der Waals surface area contributed by atoms with Gasteiger partial charge in [0.25, 0.3) is 0 Å². The summed E-state index contributed by atoms with van der Waals surface area (Å²) in [5.74, 6) is 0.980. The van der Waals surface area contributed by atoms with Gasteiger partial charge in [-0.05, 0) is 43.4 Å². The molecule has 0 atom stereocenters. The molecule has 1 aromatic rings. The molecule has 2 rings (SSSR count). The highest BCUT2D eigenvalue weighted by atomic mass is 35.5. The molecule has 108 valence electrons.